The summed E-state index contributed by atoms with van der Waals surface area (Å²) in [6, 6.07) is 14.8. The maximum Gasteiger partial charge on any atom is 0.286 e. The highest BCUT2D eigenvalue weighted by Crippen LogP contribution is 2.31. The zero-order chi connectivity index (χ0) is 16.4. The molecule has 0 fully saturated rings. The maximum absolute atomic E-state index is 12.3. The van der Waals surface area contributed by atoms with Gasteiger partial charge in [-0.3, -0.25) is 0 Å². The number of nitrogens with zero attached hydrogens (tertiary/aromatic N) is 1. The van der Waals surface area contributed by atoms with E-state index in [2.05, 4.69) is 29.4 Å². The molecule has 2 rings (SSSR count). The molecule has 0 saturated carbocycles. The summed E-state index contributed by atoms with van der Waals surface area (Å²) in [6.45, 7) is 8.32. The highest BCUT2D eigenvalue weighted by Gasteiger charge is 2.18. The summed E-state index contributed by atoms with van der Waals surface area (Å²) in [7, 11) is -3.56. The Morgan fingerprint density at radius 1 is 0.955 bits per heavy atom. The third-order valence-corrected chi connectivity index (χ3v) is 7.94. The van der Waals surface area contributed by atoms with Crippen LogP contribution in [0.2, 0.25) is 0 Å². The van der Waals surface area contributed by atoms with Crippen molar-refractivity contribution in [3.05, 3.63) is 63.2 Å². The van der Waals surface area contributed by atoms with Crippen LogP contribution in [0.5, 0.6) is 0 Å². The van der Waals surface area contributed by atoms with Crippen molar-refractivity contribution in [2.24, 2.45) is 2.55 Å². The lowest BCUT2D eigenvalue weighted by Crippen LogP contribution is -2.12. The minimum absolute atomic E-state index is 0.0144. The van der Waals surface area contributed by atoms with Gasteiger partial charge in [-0.15, -0.1) is 2.55 Å². The Balaban J connectivity index is 2.38. The molecule has 2 aromatic carbocycles. The van der Waals surface area contributed by atoms with Gasteiger partial charge in [-0.1, -0.05) is 56.7 Å². The van der Waals surface area contributed by atoms with Crippen molar-refractivity contribution in [1.29, 1.82) is 0 Å². The van der Waals surface area contributed by atoms with E-state index in [0.29, 0.717) is 0 Å². The Kier molecular flexibility index (Phi) is 5.17. The molecule has 2 aromatic rings. The van der Waals surface area contributed by atoms with Gasteiger partial charge in [-0.2, -0.15) is 8.42 Å². The maximum atomic E-state index is 12.3. The zero-order valence-electron chi connectivity index (χ0n) is 13.2. The second-order valence-corrected chi connectivity index (χ2v) is 10.6. The largest absolute Gasteiger partial charge is 0.286 e. The van der Waals surface area contributed by atoms with E-state index in [1.807, 2.05) is 25.1 Å². The quantitative estimate of drug-likeness (QED) is 0.645. The second kappa shape index (κ2) is 6.58. The van der Waals surface area contributed by atoms with Gasteiger partial charge in [0.2, 0.25) is 0 Å². The fraction of sp³-hybridized carbons (Fsp3) is 0.294. The fourth-order valence-electron chi connectivity index (χ4n) is 1.98. The highest BCUT2D eigenvalue weighted by atomic mass is 127. The molecule has 118 valence electrons. The van der Waals surface area contributed by atoms with Crippen LogP contribution in [0.25, 0.3) is 0 Å². The molecule has 0 radical (unpaired) electrons. The lowest BCUT2D eigenvalue weighted by atomic mass is 9.87. The fourth-order valence-corrected chi connectivity index (χ4v) is 6.41. The first kappa shape index (κ1) is 17.3. The molecular weight excluding hydrogens is 409 g/mol. The Morgan fingerprint density at radius 3 is 2.14 bits per heavy atom. The molecule has 0 aliphatic carbocycles. The van der Waals surface area contributed by atoms with E-state index in [1.165, 1.54) is 5.56 Å². The van der Waals surface area contributed by atoms with E-state index in [0.717, 1.165) is 9.13 Å². The van der Waals surface area contributed by atoms with Gasteiger partial charge in [0.05, 0.1) is 4.90 Å². The van der Waals surface area contributed by atoms with Crippen LogP contribution >= 0.6 is 21.0 Å². The van der Waals surface area contributed by atoms with Crippen molar-refractivity contribution in [3.63, 3.8) is 0 Å². The molecule has 0 saturated heterocycles. The van der Waals surface area contributed by atoms with Gasteiger partial charge in [-0.25, -0.2) is 0 Å². The zero-order valence-corrected chi connectivity index (χ0v) is 16.1. The van der Waals surface area contributed by atoms with Crippen molar-refractivity contribution in [3.8, 4) is 0 Å². The summed E-state index contributed by atoms with van der Waals surface area (Å²) in [5.41, 5.74) is 2.19. The SMILES string of the molecule is Cc1ccc(S(=O)(=O)N=Ic2ccccc2C(C)(C)C)cc1. The van der Waals surface area contributed by atoms with E-state index in [9.17, 15) is 8.42 Å². The van der Waals surface area contributed by atoms with Crippen molar-refractivity contribution >= 4 is 31.1 Å². The van der Waals surface area contributed by atoms with Crippen LogP contribution in [-0.2, 0) is 15.4 Å². The first-order valence-corrected chi connectivity index (χ1v) is 10.5. The predicted molar refractivity (Wildman–Crippen MR) is 98.7 cm³/mol. The van der Waals surface area contributed by atoms with Gasteiger partial charge in [0, 0.05) is 24.6 Å². The van der Waals surface area contributed by atoms with Crippen LogP contribution in [0.1, 0.15) is 31.9 Å². The third kappa shape index (κ3) is 4.23. The first-order chi connectivity index (χ1) is 10.2. The summed E-state index contributed by atoms with van der Waals surface area (Å²) in [6.07, 6.45) is 0. The predicted octanol–water partition coefficient (Wildman–Crippen LogP) is 5.01. The van der Waals surface area contributed by atoms with Gasteiger partial charge in [0.25, 0.3) is 10.0 Å². The number of halogens is 1. The van der Waals surface area contributed by atoms with E-state index in [1.54, 1.807) is 24.3 Å². The van der Waals surface area contributed by atoms with E-state index in [4.69, 9.17) is 0 Å². The van der Waals surface area contributed by atoms with E-state index >= 15 is 0 Å². The monoisotopic (exact) mass is 429 g/mol. The molecule has 5 heteroatoms. The molecule has 0 aliphatic heterocycles. The van der Waals surface area contributed by atoms with Crippen molar-refractivity contribution in [2.45, 2.75) is 38.0 Å². The number of hydrogen-bond acceptors (Lipinski definition) is 2. The van der Waals surface area contributed by atoms with Crippen LogP contribution in [0.15, 0.2) is 56.0 Å². The van der Waals surface area contributed by atoms with E-state index in [-0.39, 0.29) is 10.3 Å². The van der Waals surface area contributed by atoms with Crippen LogP contribution in [0.4, 0.5) is 0 Å². The number of rotatable bonds is 3. The van der Waals surface area contributed by atoms with Gasteiger partial charge in [0.15, 0.2) is 0 Å². The van der Waals surface area contributed by atoms with Gasteiger partial charge in [-0.05, 0) is 36.1 Å². The molecule has 0 amide bonds. The van der Waals surface area contributed by atoms with Crippen LogP contribution < -0.4 is 0 Å². The minimum atomic E-state index is -3.56. The molecule has 0 N–H and O–H groups in total. The molecule has 0 atom stereocenters. The Morgan fingerprint density at radius 2 is 1.55 bits per heavy atom. The summed E-state index contributed by atoms with van der Waals surface area (Å²) in [5.74, 6) is 0. The van der Waals surface area contributed by atoms with Crippen LogP contribution in [0.3, 0.4) is 0 Å². The van der Waals surface area contributed by atoms with Gasteiger partial charge >= 0.3 is 0 Å². The molecule has 0 aliphatic rings. The lowest BCUT2D eigenvalue weighted by Gasteiger charge is -2.20. The summed E-state index contributed by atoms with van der Waals surface area (Å²) in [4.78, 5) is 0.269. The average Bonchev–Trinajstić information content (AvgIpc) is 2.45. The van der Waals surface area contributed by atoms with Crippen LogP contribution in [0, 0.1) is 10.5 Å². The third-order valence-electron chi connectivity index (χ3n) is 3.22. The Bertz CT molecular complexity index is 788. The highest BCUT2D eigenvalue weighted by molar-refractivity contribution is 14.2. The normalized spacial score (nSPS) is 13.1. The summed E-state index contributed by atoms with van der Waals surface area (Å²) >= 11 is -0.947. The molecule has 3 nitrogen and oxygen atoms in total. The number of benzene rings is 2. The molecular formula is C17H20INO2S. The molecule has 0 heterocycles. The van der Waals surface area contributed by atoms with Gasteiger partial charge in [0.1, 0.15) is 0 Å². The van der Waals surface area contributed by atoms with Crippen LogP contribution in [-0.4, -0.2) is 8.42 Å². The van der Waals surface area contributed by atoms with Gasteiger partial charge < -0.3 is 0 Å². The smallest absolute Gasteiger partial charge is 0.199 e. The number of sulfonamides is 1. The molecule has 0 unspecified atom stereocenters. The Hall–Kier alpha value is -1.08. The van der Waals surface area contributed by atoms with Crippen molar-refractivity contribution in [1.82, 2.24) is 0 Å². The van der Waals surface area contributed by atoms with Crippen molar-refractivity contribution in [2.75, 3.05) is 0 Å². The molecule has 22 heavy (non-hydrogen) atoms. The van der Waals surface area contributed by atoms with E-state index < -0.39 is 31.1 Å². The number of aryl methyl sites for hydroxylation is 1. The summed E-state index contributed by atoms with van der Waals surface area (Å²) in [5, 5.41) is 0. The Labute approximate surface area is 143 Å². The second-order valence-electron chi connectivity index (χ2n) is 6.17. The minimum Gasteiger partial charge on any atom is -0.199 e. The molecule has 0 spiro atoms. The molecule has 0 bridgehead atoms. The number of hydrogen-bond donors (Lipinski definition) is 0. The topological polar surface area (TPSA) is 46.5 Å². The first-order valence-electron chi connectivity index (χ1n) is 6.98. The average molecular weight is 429 g/mol. The standard InChI is InChI=1S/C17H20INO2S/c1-13-9-11-14(12-10-13)22(20,21)19-18-16-8-6-5-7-15(16)17(2,3)4/h5-12H,1-4H3. The summed E-state index contributed by atoms with van der Waals surface area (Å²) < 4.78 is 29.8. The molecule has 0 aromatic heterocycles. The van der Waals surface area contributed by atoms with Crippen molar-refractivity contribution < 1.29 is 8.42 Å². The lowest BCUT2D eigenvalue weighted by molar-refractivity contribution is 0.586.